The van der Waals surface area contributed by atoms with E-state index in [0.717, 1.165) is 12.7 Å². The minimum atomic E-state index is -3.13. The molecule has 1 aliphatic rings. The van der Waals surface area contributed by atoms with Gasteiger partial charge in [-0.15, -0.1) is 0 Å². The van der Waals surface area contributed by atoms with Crippen LogP contribution in [0.3, 0.4) is 0 Å². The van der Waals surface area contributed by atoms with E-state index in [4.69, 9.17) is 0 Å². The third-order valence-corrected chi connectivity index (χ3v) is 4.85. The number of sulfone groups is 1. The van der Waals surface area contributed by atoms with E-state index in [-0.39, 0.29) is 24.9 Å². The van der Waals surface area contributed by atoms with Crippen LogP contribution in [0, 0.1) is 5.41 Å². The highest BCUT2D eigenvalue weighted by Gasteiger charge is 2.45. The molecule has 21 heavy (non-hydrogen) atoms. The molecule has 1 saturated heterocycles. The number of carboxylic acid groups (broad SMARTS) is 1. The molecule has 122 valence electrons. The fourth-order valence-corrected chi connectivity index (χ4v) is 3.25. The van der Waals surface area contributed by atoms with Crippen molar-refractivity contribution in [3.05, 3.63) is 0 Å². The van der Waals surface area contributed by atoms with Gasteiger partial charge in [0.2, 0.25) is 0 Å². The van der Waals surface area contributed by atoms with Crippen LogP contribution >= 0.6 is 0 Å². The molecule has 0 bridgehead atoms. The molecule has 0 aromatic heterocycles. The van der Waals surface area contributed by atoms with E-state index < -0.39 is 21.2 Å². The van der Waals surface area contributed by atoms with Crippen LogP contribution in [-0.4, -0.2) is 74.0 Å². The number of likely N-dealkylation sites (tertiary alicyclic amines) is 1. The number of carbonyl (C=O) groups excluding carboxylic acids is 1. The van der Waals surface area contributed by atoms with Crippen molar-refractivity contribution >= 4 is 21.8 Å². The molecule has 2 amide bonds. The first-order chi connectivity index (χ1) is 9.61. The number of nitrogens with zero attached hydrogens (tertiary/aromatic N) is 2. The summed E-state index contributed by atoms with van der Waals surface area (Å²) in [5.41, 5.74) is -0.859. The Morgan fingerprint density at radius 1 is 1.38 bits per heavy atom. The SMILES string of the molecule is CCCC1(C(=O)O)CCN(C(=O)N(C)CCS(C)(=O)=O)C1. The summed E-state index contributed by atoms with van der Waals surface area (Å²) in [5.74, 6) is -0.958. The predicted octanol–water partition coefficient (Wildman–Crippen LogP) is 0.660. The van der Waals surface area contributed by atoms with E-state index in [9.17, 15) is 23.1 Å². The van der Waals surface area contributed by atoms with Gasteiger partial charge in [0.05, 0.1) is 11.2 Å². The highest BCUT2D eigenvalue weighted by atomic mass is 32.2. The average molecular weight is 320 g/mol. The fourth-order valence-electron chi connectivity index (χ4n) is 2.64. The van der Waals surface area contributed by atoms with Gasteiger partial charge in [-0.2, -0.15) is 0 Å². The molecule has 0 aliphatic carbocycles. The molecular formula is C13H24N2O5S. The van der Waals surface area contributed by atoms with Gasteiger partial charge < -0.3 is 14.9 Å². The third-order valence-electron chi connectivity index (χ3n) is 3.93. The number of urea groups is 1. The number of rotatable bonds is 6. The van der Waals surface area contributed by atoms with E-state index >= 15 is 0 Å². The Kier molecular flexibility index (Phi) is 5.61. The van der Waals surface area contributed by atoms with E-state index in [1.54, 1.807) is 0 Å². The lowest BCUT2D eigenvalue weighted by Crippen LogP contribution is -2.43. The Morgan fingerprint density at radius 3 is 2.48 bits per heavy atom. The Balaban J connectivity index is 2.66. The quantitative estimate of drug-likeness (QED) is 0.776. The summed E-state index contributed by atoms with van der Waals surface area (Å²) >= 11 is 0. The number of hydrogen-bond donors (Lipinski definition) is 1. The van der Waals surface area contributed by atoms with Crippen molar-refractivity contribution in [2.24, 2.45) is 5.41 Å². The van der Waals surface area contributed by atoms with Gasteiger partial charge in [-0.3, -0.25) is 4.79 Å². The lowest BCUT2D eigenvalue weighted by Gasteiger charge is -2.27. The van der Waals surface area contributed by atoms with Gasteiger partial charge >= 0.3 is 12.0 Å². The maximum Gasteiger partial charge on any atom is 0.319 e. The van der Waals surface area contributed by atoms with Crippen LogP contribution in [0.2, 0.25) is 0 Å². The number of carbonyl (C=O) groups is 2. The first-order valence-corrected chi connectivity index (χ1v) is 9.08. The number of amides is 2. The molecule has 1 atom stereocenters. The molecular weight excluding hydrogens is 296 g/mol. The fraction of sp³-hybridized carbons (Fsp3) is 0.846. The van der Waals surface area contributed by atoms with Crippen LogP contribution in [0.1, 0.15) is 26.2 Å². The van der Waals surface area contributed by atoms with E-state index in [0.29, 0.717) is 19.4 Å². The molecule has 0 saturated carbocycles. The molecule has 1 rings (SSSR count). The molecule has 8 heteroatoms. The summed E-state index contributed by atoms with van der Waals surface area (Å²) in [7, 11) is -1.59. The van der Waals surface area contributed by atoms with Gasteiger partial charge in [0.25, 0.3) is 0 Å². The minimum Gasteiger partial charge on any atom is -0.481 e. The molecule has 0 aromatic rings. The second-order valence-electron chi connectivity index (χ2n) is 5.84. The van der Waals surface area contributed by atoms with Gasteiger partial charge in [0, 0.05) is 32.9 Å². The van der Waals surface area contributed by atoms with Gasteiger partial charge in [-0.05, 0) is 12.8 Å². The summed E-state index contributed by atoms with van der Waals surface area (Å²) in [5, 5.41) is 9.41. The molecule has 1 aliphatic heterocycles. The Labute approximate surface area is 125 Å². The van der Waals surface area contributed by atoms with Crippen molar-refractivity contribution in [3.63, 3.8) is 0 Å². The Morgan fingerprint density at radius 2 is 2.00 bits per heavy atom. The van der Waals surface area contributed by atoms with Crippen molar-refractivity contribution in [2.75, 3.05) is 38.7 Å². The zero-order valence-electron chi connectivity index (χ0n) is 12.8. The molecule has 1 heterocycles. The van der Waals surface area contributed by atoms with E-state index in [1.165, 1.54) is 16.8 Å². The van der Waals surface area contributed by atoms with Crippen LogP contribution in [-0.2, 0) is 14.6 Å². The molecule has 1 fully saturated rings. The van der Waals surface area contributed by atoms with Crippen LogP contribution in [0.15, 0.2) is 0 Å². The zero-order valence-corrected chi connectivity index (χ0v) is 13.6. The molecule has 1 unspecified atom stereocenters. The molecule has 7 nitrogen and oxygen atoms in total. The molecule has 1 N–H and O–H groups in total. The second-order valence-corrected chi connectivity index (χ2v) is 8.10. The average Bonchev–Trinajstić information content (AvgIpc) is 2.80. The molecule has 0 radical (unpaired) electrons. The summed E-state index contributed by atoms with van der Waals surface area (Å²) in [6, 6.07) is -0.308. The monoisotopic (exact) mass is 320 g/mol. The lowest BCUT2D eigenvalue weighted by atomic mass is 9.83. The minimum absolute atomic E-state index is 0.0951. The van der Waals surface area contributed by atoms with Crippen LogP contribution < -0.4 is 0 Å². The summed E-state index contributed by atoms with van der Waals surface area (Å²) in [4.78, 5) is 26.6. The van der Waals surface area contributed by atoms with Crippen LogP contribution in [0.5, 0.6) is 0 Å². The standard InChI is InChI=1S/C13H24N2O5S/c1-4-5-13(11(16)17)6-7-15(10-13)12(18)14(2)8-9-21(3,19)20/h4-10H2,1-3H3,(H,16,17). The van der Waals surface area contributed by atoms with Crippen molar-refractivity contribution in [1.82, 2.24) is 9.80 Å². The Hall–Kier alpha value is -1.31. The topological polar surface area (TPSA) is 95.0 Å². The Bertz CT molecular complexity index is 505. The number of hydrogen-bond acceptors (Lipinski definition) is 4. The largest absolute Gasteiger partial charge is 0.481 e. The number of aliphatic carboxylic acids is 1. The van der Waals surface area contributed by atoms with Crippen molar-refractivity contribution in [3.8, 4) is 0 Å². The zero-order chi connectivity index (χ0) is 16.3. The molecule has 0 aromatic carbocycles. The van der Waals surface area contributed by atoms with E-state index in [1.807, 2.05) is 6.92 Å². The summed E-state index contributed by atoms with van der Waals surface area (Å²) < 4.78 is 22.3. The number of carboxylic acids is 1. The van der Waals surface area contributed by atoms with Gasteiger partial charge in [0.15, 0.2) is 0 Å². The highest BCUT2D eigenvalue weighted by molar-refractivity contribution is 7.90. The smallest absolute Gasteiger partial charge is 0.319 e. The normalized spacial score (nSPS) is 22.3. The third kappa shape index (κ3) is 4.59. The highest BCUT2D eigenvalue weighted by Crippen LogP contribution is 2.35. The second kappa shape index (κ2) is 6.64. The van der Waals surface area contributed by atoms with Crippen molar-refractivity contribution in [1.29, 1.82) is 0 Å². The lowest BCUT2D eigenvalue weighted by molar-refractivity contribution is -0.148. The predicted molar refractivity (Wildman–Crippen MR) is 78.9 cm³/mol. The first-order valence-electron chi connectivity index (χ1n) is 7.02. The van der Waals surface area contributed by atoms with Gasteiger partial charge in [-0.1, -0.05) is 13.3 Å². The van der Waals surface area contributed by atoms with Crippen molar-refractivity contribution in [2.45, 2.75) is 26.2 Å². The van der Waals surface area contributed by atoms with Crippen LogP contribution in [0.25, 0.3) is 0 Å². The van der Waals surface area contributed by atoms with Crippen molar-refractivity contribution < 1.29 is 23.1 Å². The van der Waals surface area contributed by atoms with Gasteiger partial charge in [-0.25, -0.2) is 13.2 Å². The van der Waals surface area contributed by atoms with E-state index in [2.05, 4.69) is 0 Å². The van der Waals surface area contributed by atoms with Crippen LogP contribution in [0.4, 0.5) is 4.79 Å². The summed E-state index contributed by atoms with van der Waals surface area (Å²) in [6.45, 7) is 2.63. The summed E-state index contributed by atoms with van der Waals surface area (Å²) in [6.07, 6.45) is 2.86. The maximum absolute atomic E-state index is 12.2. The molecule has 0 spiro atoms. The first kappa shape index (κ1) is 17.7. The maximum atomic E-state index is 12.2. The van der Waals surface area contributed by atoms with Gasteiger partial charge in [0.1, 0.15) is 9.84 Å².